The van der Waals surface area contributed by atoms with Crippen LogP contribution in [0.3, 0.4) is 0 Å². The molecule has 0 bridgehead atoms. The molecule has 1 saturated carbocycles. The average molecular weight is 239 g/mol. The highest BCUT2D eigenvalue weighted by molar-refractivity contribution is 5.21. The third-order valence-electron chi connectivity index (χ3n) is 3.74. The van der Waals surface area contributed by atoms with Crippen LogP contribution in [-0.4, -0.2) is 13.1 Å². The fraction of sp³-hybridized carbons (Fsp3) is 0.571. The Bertz CT molecular complexity index is 386. The summed E-state index contributed by atoms with van der Waals surface area (Å²) in [4.78, 5) is 0. The zero-order valence-corrected chi connectivity index (χ0v) is 10.2. The molecule has 3 heteroatoms. The second kappa shape index (κ2) is 5.13. The van der Waals surface area contributed by atoms with Crippen LogP contribution in [0.25, 0.3) is 0 Å². The van der Waals surface area contributed by atoms with Gasteiger partial charge in [0.25, 0.3) is 0 Å². The Balaban J connectivity index is 2.07. The molecule has 2 rings (SSSR count). The minimum absolute atomic E-state index is 0.189. The predicted octanol–water partition coefficient (Wildman–Crippen LogP) is 3.29. The Hall–Kier alpha value is -0.960. The van der Waals surface area contributed by atoms with Crippen molar-refractivity contribution < 1.29 is 8.78 Å². The second-order valence-electron chi connectivity index (χ2n) is 5.05. The van der Waals surface area contributed by atoms with Gasteiger partial charge in [0.1, 0.15) is 11.6 Å². The van der Waals surface area contributed by atoms with E-state index >= 15 is 0 Å². The maximum Gasteiger partial charge on any atom is 0.129 e. The lowest BCUT2D eigenvalue weighted by atomic mass is 9.65. The summed E-state index contributed by atoms with van der Waals surface area (Å²) in [6.07, 6.45) is 4.20. The van der Waals surface area contributed by atoms with Crippen LogP contribution in [0.5, 0.6) is 0 Å². The number of nitrogens with one attached hydrogen (secondary N) is 1. The van der Waals surface area contributed by atoms with Crippen molar-refractivity contribution in [1.82, 2.24) is 5.32 Å². The zero-order valence-electron chi connectivity index (χ0n) is 10.2. The fourth-order valence-corrected chi connectivity index (χ4v) is 2.55. The minimum Gasteiger partial charge on any atom is -0.316 e. The van der Waals surface area contributed by atoms with Gasteiger partial charge in [-0.3, -0.25) is 0 Å². The van der Waals surface area contributed by atoms with Gasteiger partial charge in [0.05, 0.1) is 0 Å². The fourth-order valence-electron chi connectivity index (χ4n) is 2.55. The molecule has 1 aromatic carbocycles. The second-order valence-corrected chi connectivity index (χ2v) is 5.05. The van der Waals surface area contributed by atoms with Crippen molar-refractivity contribution in [2.24, 2.45) is 5.41 Å². The summed E-state index contributed by atoms with van der Waals surface area (Å²) in [5, 5.41) is 3.35. The third kappa shape index (κ3) is 2.83. The highest BCUT2D eigenvalue weighted by Gasteiger charge is 2.37. The van der Waals surface area contributed by atoms with Crippen LogP contribution in [0.15, 0.2) is 18.2 Å². The van der Waals surface area contributed by atoms with Gasteiger partial charge in [-0.05, 0) is 42.9 Å². The molecule has 0 unspecified atom stereocenters. The number of rotatable bonds is 5. The first-order valence-electron chi connectivity index (χ1n) is 6.30. The van der Waals surface area contributed by atoms with Crippen LogP contribution >= 0.6 is 0 Å². The quantitative estimate of drug-likeness (QED) is 0.831. The van der Waals surface area contributed by atoms with Gasteiger partial charge in [0.15, 0.2) is 0 Å². The van der Waals surface area contributed by atoms with Crippen molar-refractivity contribution in [3.8, 4) is 0 Å². The highest BCUT2D eigenvalue weighted by atomic mass is 19.1. The van der Waals surface area contributed by atoms with Gasteiger partial charge >= 0.3 is 0 Å². The van der Waals surface area contributed by atoms with Crippen LogP contribution in [0.2, 0.25) is 0 Å². The summed E-state index contributed by atoms with van der Waals surface area (Å²) in [5.41, 5.74) is 0.832. The average Bonchev–Trinajstić information content (AvgIpc) is 2.25. The Morgan fingerprint density at radius 3 is 2.59 bits per heavy atom. The lowest BCUT2D eigenvalue weighted by molar-refractivity contribution is 0.129. The predicted molar refractivity (Wildman–Crippen MR) is 64.9 cm³/mol. The highest BCUT2D eigenvalue weighted by Crippen LogP contribution is 2.43. The molecule has 17 heavy (non-hydrogen) atoms. The molecule has 1 aromatic rings. The topological polar surface area (TPSA) is 12.0 Å². The van der Waals surface area contributed by atoms with Crippen LogP contribution in [0, 0.1) is 17.0 Å². The van der Waals surface area contributed by atoms with E-state index in [2.05, 4.69) is 12.2 Å². The Morgan fingerprint density at radius 2 is 2.06 bits per heavy atom. The van der Waals surface area contributed by atoms with Crippen molar-refractivity contribution in [3.05, 3.63) is 35.4 Å². The van der Waals surface area contributed by atoms with Crippen molar-refractivity contribution >= 4 is 0 Å². The van der Waals surface area contributed by atoms with E-state index in [4.69, 9.17) is 0 Å². The Kier molecular flexibility index (Phi) is 3.77. The molecule has 0 aliphatic heterocycles. The van der Waals surface area contributed by atoms with Crippen LogP contribution in [0.1, 0.15) is 31.7 Å². The molecule has 1 aliphatic carbocycles. The monoisotopic (exact) mass is 239 g/mol. The van der Waals surface area contributed by atoms with Crippen LogP contribution in [0.4, 0.5) is 8.78 Å². The van der Waals surface area contributed by atoms with Gasteiger partial charge in [-0.25, -0.2) is 8.78 Å². The van der Waals surface area contributed by atoms with Gasteiger partial charge in [0, 0.05) is 12.6 Å². The molecule has 0 atom stereocenters. The summed E-state index contributed by atoms with van der Waals surface area (Å²) < 4.78 is 26.4. The first-order valence-corrected chi connectivity index (χ1v) is 6.30. The molecule has 0 spiro atoms. The summed E-state index contributed by atoms with van der Waals surface area (Å²) >= 11 is 0. The van der Waals surface area contributed by atoms with E-state index in [-0.39, 0.29) is 5.41 Å². The normalized spacial score (nSPS) is 17.8. The molecule has 0 radical (unpaired) electrons. The molecular formula is C14H19F2N. The standard InChI is InChI=1S/C14H19F2N/c1-2-17-10-14(6-3-7-14)9-11-4-5-12(15)8-13(11)16/h4-5,8,17H,2-3,6-7,9-10H2,1H3. The van der Waals surface area contributed by atoms with Crippen molar-refractivity contribution in [1.29, 1.82) is 0 Å². The van der Waals surface area contributed by atoms with Gasteiger partial charge in [-0.15, -0.1) is 0 Å². The van der Waals surface area contributed by atoms with Gasteiger partial charge in [-0.1, -0.05) is 19.4 Å². The maximum atomic E-state index is 13.6. The molecule has 1 N–H and O–H groups in total. The molecular weight excluding hydrogens is 220 g/mol. The number of hydrogen-bond donors (Lipinski definition) is 1. The largest absolute Gasteiger partial charge is 0.316 e. The maximum absolute atomic E-state index is 13.6. The Labute approximate surface area is 101 Å². The summed E-state index contributed by atoms with van der Waals surface area (Å²) in [6, 6.07) is 3.91. The van der Waals surface area contributed by atoms with E-state index in [1.165, 1.54) is 12.5 Å². The number of hydrogen-bond acceptors (Lipinski definition) is 1. The van der Waals surface area contributed by atoms with E-state index in [0.717, 1.165) is 32.0 Å². The van der Waals surface area contributed by atoms with Gasteiger partial charge in [-0.2, -0.15) is 0 Å². The lowest BCUT2D eigenvalue weighted by Crippen LogP contribution is -2.41. The minimum atomic E-state index is -0.499. The van der Waals surface area contributed by atoms with E-state index in [9.17, 15) is 8.78 Å². The number of benzene rings is 1. The molecule has 94 valence electrons. The molecule has 0 aromatic heterocycles. The Morgan fingerprint density at radius 1 is 1.29 bits per heavy atom. The molecule has 1 aliphatic rings. The van der Waals surface area contributed by atoms with E-state index in [1.54, 1.807) is 6.07 Å². The molecule has 0 saturated heterocycles. The molecule has 1 nitrogen and oxygen atoms in total. The lowest BCUT2D eigenvalue weighted by Gasteiger charge is -2.42. The van der Waals surface area contributed by atoms with E-state index in [0.29, 0.717) is 12.0 Å². The first kappa shape index (κ1) is 12.5. The van der Waals surface area contributed by atoms with Gasteiger partial charge in [0.2, 0.25) is 0 Å². The first-order chi connectivity index (χ1) is 8.15. The molecule has 0 heterocycles. The van der Waals surface area contributed by atoms with Crippen molar-refractivity contribution in [2.75, 3.05) is 13.1 Å². The zero-order chi connectivity index (χ0) is 12.3. The third-order valence-corrected chi connectivity index (χ3v) is 3.74. The molecule has 1 fully saturated rings. The van der Waals surface area contributed by atoms with Crippen LogP contribution in [-0.2, 0) is 6.42 Å². The molecule has 0 amide bonds. The summed E-state index contributed by atoms with van der Waals surface area (Å²) in [6.45, 7) is 3.94. The van der Waals surface area contributed by atoms with Crippen molar-refractivity contribution in [2.45, 2.75) is 32.6 Å². The summed E-state index contributed by atoms with van der Waals surface area (Å²) in [5.74, 6) is -0.909. The van der Waals surface area contributed by atoms with E-state index in [1.807, 2.05) is 0 Å². The van der Waals surface area contributed by atoms with Gasteiger partial charge < -0.3 is 5.32 Å². The smallest absolute Gasteiger partial charge is 0.129 e. The summed E-state index contributed by atoms with van der Waals surface area (Å²) in [7, 11) is 0. The SMILES string of the molecule is CCNCC1(Cc2ccc(F)cc2F)CCC1. The van der Waals surface area contributed by atoms with E-state index < -0.39 is 11.6 Å². The number of halogens is 2. The van der Waals surface area contributed by atoms with Crippen LogP contribution < -0.4 is 5.32 Å². The van der Waals surface area contributed by atoms with Crippen molar-refractivity contribution in [3.63, 3.8) is 0 Å².